The van der Waals surface area contributed by atoms with Crippen LogP contribution in [0.15, 0.2) is 73.8 Å². The molecule has 0 saturated heterocycles. The number of rotatable bonds is 6. The molecule has 0 radical (unpaired) electrons. The van der Waals surface area contributed by atoms with Gasteiger partial charge in [0.25, 0.3) is 0 Å². The second-order valence-electron chi connectivity index (χ2n) is 4.60. The first-order chi connectivity index (χ1) is 11.5. The maximum Gasteiger partial charge on any atom is 0.335 e. The minimum Gasteiger partial charge on any atom is -0.423 e. The zero-order valence-electron chi connectivity index (χ0n) is 12.7. The summed E-state index contributed by atoms with van der Waals surface area (Å²) in [5.41, 5.74) is 0.596. The van der Waals surface area contributed by atoms with E-state index in [9.17, 15) is 14.4 Å². The quantitative estimate of drug-likeness (QED) is 0.354. The van der Waals surface area contributed by atoms with Crippen LogP contribution in [0.5, 0.6) is 11.5 Å². The summed E-state index contributed by atoms with van der Waals surface area (Å²) in [5.74, 6) is -1.63. The van der Waals surface area contributed by atoms with E-state index < -0.39 is 11.9 Å². The van der Waals surface area contributed by atoms with Crippen LogP contribution in [0.3, 0.4) is 0 Å². The molecule has 0 N–H and O–H groups in total. The van der Waals surface area contributed by atoms with Crippen molar-refractivity contribution in [3.05, 3.63) is 85.0 Å². The summed E-state index contributed by atoms with van der Waals surface area (Å²) >= 11 is 0. The summed E-state index contributed by atoms with van der Waals surface area (Å²) in [5, 5.41) is 0. The van der Waals surface area contributed by atoms with Crippen molar-refractivity contribution < 1.29 is 23.9 Å². The third kappa shape index (κ3) is 4.04. The Morgan fingerprint density at radius 3 is 2.08 bits per heavy atom. The van der Waals surface area contributed by atoms with Crippen molar-refractivity contribution in [2.24, 2.45) is 0 Å². The number of ketones is 1. The summed E-state index contributed by atoms with van der Waals surface area (Å²) in [7, 11) is 0. The largest absolute Gasteiger partial charge is 0.423 e. The van der Waals surface area contributed by atoms with Crippen LogP contribution in [0.4, 0.5) is 0 Å². The van der Waals surface area contributed by atoms with E-state index in [1.807, 2.05) is 0 Å². The lowest BCUT2D eigenvalue weighted by atomic mass is 10.0. The minimum atomic E-state index is -0.732. The van der Waals surface area contributed by atoms with E-state index in [2.05, 4.69) is 13.2 Å². The van der Waals surface area contributed by atoms with E-state index in [-0.39, 0.29) is 22.8 Å². The van der Waals surface area contributed by atoms with Crippen LogP contribution in [0.2, 0.25) is 0 Å². The smallest absolute Gasteiger partial charge is 0.335 e. The Balaban J connectivity index is 2.43. The SMILES string of the molecule is C=CC(=O)Oc1ccc(C(=O)c2ccccc2)c(OC(=O)C=C)c1. The van der Waals surface area contributed by atoms with Crippen LogP contribution in [-0.2, 0) is 9.59 Å². The first kappa shape index (κ1) is 16.9. The Morgan fingerprint density at radius 1 is 0.833 bits per heavy atom. The Labute approximate surface area is 138 Å². The molecule has 0 fully saturated rings. The van der Waals surface area contributed by atoms with Crippen LogP contribution >= 0.6 is 0 Å². The molecule has 2 rings (SSSR count). The fourth-order valence-corrected chi connectivity index (χ4v) is 1.89. The molecule has 0 aliphatic rings. The van der Waals surface area contributed by atoms with Gasteiger partial charge in [0.05, 0.1) is 5.56 Å². The van der Waals surface area contributed by atoms with Crippen molar-refractivity contribution in [1.29, 1.82) is 0 Å². The van der Waals surface area contributed by atoms with Gasteiger partial charge >= 0.3 is 11.9 Å². The maximum absolute atomic E-state index is 12.6. The minimum absolute atomic E-state index is 0.0249. The van der Waals surface area contributed by atoms with Crippen LogP contribution in [-0.4, -0.2) is 17.7 Å². The van der Waals surface area contributed by atoms with Crippen molar-refractivity contribution in [3.8, 4) is 11.5 Å². The van der Waals surface area contributed by atoms with Crippen molar-refractivity contribution in [2.45, 2.75) is 0 Å². The highest BCUT2D eigenvalue weighted by atomic mass is 16.5. The summed E-state index contributed by atoms with van der Waals surface area (Å²) in [4.78, 5) is 35.4. The number of carbonyl (C=O) groups excluding carboxylic acids is 3. The van der Waals surface area contributed by atoms with Crippen molar-refractivity contribution >= 4 is 17.7 Å². The van der Waals surface area contributed by atoms with E-state index >= 15 is 0 Å². The van der Waals surface area contributed by atoms with Crippen LogP contribution in [0.1, 0.15) is 15.9 Å². The molecule has 0 aliphatic heterocycles. The molecule has 24 heavy (non-hydrogen) atoms. The molecule has 0 unspecified atom stereocenters. The first-order valence-electron chi connectivity index (χ1n) is 6.97. The maximum atomic E-state index is 12.6. The molecular weight excluding hydrogens is 308 g/mol. The number of hydrogen-bond donors (Lipinski definition) is 0. The average molecular weight is 322 g/mol. The van der Waals surface area contributed by atoms with Gasteiger partial charge in [-0.2, -0.15) is 0 Å². The third-order valence-corrected chi connectivity index (χ3v) is 3.00. The second-order valence-corrected chi connectivity index (χ2v) is 4.60. The number of hydrogen-bond acceptors (Lipinski definition) is 5. The average Bonchev–Trinajstić information content (AvgIpc) is 2.62. The van der Waals surface area contributed by atoms with Gasteiger partial charge in [0.15, 0.2) is 5.78 Å². The lowest BCUT2D eigenvalue weighted by Crippen LogP contribution is -2.10. The molecule has 0 aliphatic carbocycles. The lowest BCUT2D eigenvalue weighted by Gasteiger charge is -2.10. The molecule has 5 heteroatoms. The Kier molecular flexibility index (Phi) is 5.41. The monoisotopic (exact) mass is 322 g/mol. The molecule has 0 saturated carbocycles. The van der Waals surface area contributed by atoms with Crippen molar-refractivity contribution in [1.82, 2.24) is 0 Å². The number of esters is 2. The van der Waals surface area contributed by atoms with Gasteiger partial charge in [-0.25, -0.2) is 9.59 Å². The highest BCUT2D eigenvalue weighted by Crippen LogP contribution is 2.27. The van der Waals surface area contributed by atoms with Gasteiger partial charge in [-0.3, -0.25) is 4.79 Å². The van der Waals surface area contributed by atoms with Crippen molar-refractivity contribution in [2.75, 3.05) is 0 Å². The highest BCUT2D eigenvalue weighted by molar-refractivity contribution is 6.11. The van der Waals surface area contributed by atoms with E-state index in [0.29, 0.717) is 5.56 Å². The van der Waals surface area contributed by atoms with Gasteiger partial charge < -0.3 is 9.47 Å². The van der Waals surface area contributed by atoms with Gasteiger partial charge in [-0.1, -0.05) is 43.5 Å². The first-order valence-corrected chi connectivity index (χ1v) is 6.97. The van der Waals surface area contributed by atoms with Crippen LogP contribution < -0.4 is 9.47 Å². The van der Waals surface area contributed by atoms with Gasteiger partial charge in [-0.05, 0) is 12.1 Å². The van der Waals surface area contributed by atoms with Gasteiger partial charge in [-0.15, -0.1) is 0 Å². The molecular formula is C19H14O5. The van der Waals surface area contributed by atoms with E-state index in [1.165, 1.54) is 18.2 Å². The third-order valence-electron chi connectivity index (χ3n) is 3.00. The van der Waals surface area contributed by atoms with Crippen LogP contribution in [0.25, 0.3) is 0 Å². The fraction of sp³-hybridized carbons (Fsp3) is 0. The number of benzene rings is 2. The predicted octanol–water partition coefficient (Wildman–Crippen LogP) is 3.10. The highest BCUT2D eigenvalue weighted by Gasteiger charge is 2.18. The van der Waals surface area contributed by atoms with Crippen LogP contribution in [0, 0.1) is 0 Å². The molecule has 0 heterocycles. The van der Waals surface area contributed by atoms with E-state index in [1.54, 1.807) is 30.3 Å². The summed E-state index contributed by atoms with van der Waals surface area (Å²) < 4.78 is 10.1. The molecule has 0 atom stereocenters. The predicted molar refractivity (Wildman–Crippen MR) is 88.0 cm³/mol. The zero-order chi connectivity index (χ0) is 17.5. The molecule has 2 aromatic rings. The van der Waals surface area contributed by atoms with Crippen molar-refractivity contribution in [3.63, 3.8) is 0 Å². The Morgan fingerprint density at radius 2 is 1.46 bits per heavy atom. The molecule has 0 bridgehead atoms. The lowest BCUT2D eigenvalue weighted by molar-refractivity contribution is -0.129. The fourth-order valence-electron chi connectivity index (χ4n) is 1.89. The topological polar surface area (TPSA) is 69.7 Å². The molecule has 5 nitrogen and oxygen atoms in total. The van der Waals surface area contributed by atoms with Gasteiger partial charge in [0.2, 0.25) is 0 Å². The standard InChI is InChI=1S/C19H14O5/c1-3-17(20)23-14-10-11-15(16(12-14)24-18(21)4-2)19(22)13-8-6-5-7-9-13/h3-12H,1-2H2. The molecule has 0 spiro atoms. The number of carbonyl (C=O) groups is 3. The van der Waals surface area contributed by atoms with Gasteiger partial charge in [0, 0.05) is 23.8 Å². The zero-order valence-corrected chi connectivity index (χ0v) is 12.7. The second kappa shape index (κ2) is 7.69. The van der Waals surface area contributed by atoms with E-state index in [0.717, 1.165) is 12.2 Å². The van der Waals surface area contributed by atoms with Gasteiger partial charge in [0.1, 0.15) is 11.5 Å². The number of ether oxygens (including phenoxy) is 2. The summed E-state index contributed by atoms with van der Waals surface area (Å²) in [6.07, 6.45) is 1.97. The molecule has 120 valence electrons. The summed E-state index contributed by atoms with van der Waals surface area (Å²) in [6, 6.07) is 12.7. The Bertz CT molecular complexity index is 806. The molecule has 0 amide bonds. The molecule has 0 aromatic heterocycles. The normalized spacial score (nSPS) is 9.67. The molecule has 2 aromatic carbocycles. The Hall–Kier alpha value is -3.47. The summed E-state index contributed by atoms with van der Waals surface area (Å²) in [6.45, 7) is 6.61. The van der Waals surface area contributed by atoms with E-state index in [4.69, 9.17) is 9.47 Å².